The molecule has 20 heavy (non-hydrogen) atoms. The third-order valence-corrected chi connectivity index (χ3v) is 5.11. The zero-order chi connectivity index (χ0) is 14.1. The number of rotatable bonds is 4. The van der Waals surface area contributed by atoms with Crippen molar-refractivity contribution in [1.82, 2.24) is 4.90 Å². The average molecular weight is 273 g/mol. The molecule has 0 aromatic heterocycles. The molecule has 3 unspecified atom stereocenters. The molecule has 1 aromatic rings. The first-order valence-corrected chi connectivity index (χ1v) is 7.63. The Morgan fingerprint density at radius 1 is 1.25 bits per heavy atom. The molecule has 2 fully saturated rings. The predicted molar refractivity (Wildman–Crippen MR) is 78.3 cm³/mol. The molecule has 2 heterocycles. The van der Waals surface area contributed by atoms with E-state index in [1.54, 1.807) is 0 Å². The van der Waals surface area contributed by atoms with E-state index in [1.807, 2.05) is 30.3 Å². The zero-order valence-electron chi connectivity index (χ0n) is 12.0. The molecular weight excluding hydrogens is 250 g/mol. The number of Topliss-reactive ketones (excluding diaryl/α,β-unsaturated/α-hetero) is 1. The molecule has 2 aliphatic heterocycles. The predicted octanol–water partition coefficient (Wildman–Crippen LogP) is 2.55. The van der Waals surface area contributed by atoms with E-state index < -0.39 is 6.10 Å². The largest absolute Gasteiger partial charge is 0.381 e. The standard InChI is InChI=1S/C17H23NO2/c1-18-14-7-8-15(18)10-12(9-14)11-16(19)17(20)13-5-3-2-4-6-13/h2-6,12,14-15,17,20H,7-11H2,1H3. The van der Waals surface area contributed by atoms with Crippen molar-refractivity contribution in [2.45, 2.75) is 50.3 Å². The number of aliphatic hydroxyl groups is 1. The van der Waals surface area contributed by atoms with Gasteiger partial charge in [-0.1, -0.05) is 30.3 Å². The van der Waals surface area contributed by atoms with Gasteiger partial charge in [-0.2, -0.15) is 0 Å². The van der Waals surface area contributed by atoms with Crippen molar-refractivity contribution in [2.24, 2.45) is 5.92 Å². The molecule has 0 radical (unpaired) electrons. The molecule has 2 aliphatic rings. The van der Waals surface area contributed by atoms with Crippen molar-refractivity contribution >= 4 is 5.78 Å². The molecular formula is C17H23NO2. The molecule has 0 saturated carbocycles. The van der Waals surface area contributed by atoms with Crippen molar-refractivity contribution in [3.8, 4) is 0 Å². The first-order valence-electron chi connectivity index (χ1n) is 7.63. The average Bonchev–Trinajstić information content (AvgIpc) is 2.69. The fraction of sp³-hybridized carbons (Fsp3) is 0.588. The monoisotopic (exact) mass is 273 g/mol. The highest BCUT2D eigenvalue weighted by atomic mass is 16.3. The summed E-state index contributed by atoms with van der Waals surface area (Å²) in [4.78, 5) is 14.7. The number of hydrogen-bond acceptors (Lipinski definition) is 3. The van der Waals surface area contributed by atoms with Crippen molar-refractivity contribution in [3.05, 3.63) is 35.9 Å². The quantitative estimate of drug-likeness (QED) is 0.916. The molecule has 3 heteroatoms. The van der Waals surface area contributed by atoms with Crippen LogP contribution in [0.1, 0.15) is 43.8 Å². The second-order valence-corrected chi connectivity index (χ2v) is 6.37. The highest BCUT2D eigenvalue weighted by molar-refractivity contribution is 5.84. The lowest BCUT2D eigenvalue weighted by Crippen LogP contribution is -2.40. The van der Waals surface area contributed by atoms with Crippen molar-refractivity contribution in [3.63, 3.8) is 0 Å². The summed E-state index contributed by atoms with van der Waals surface area (Å²) in [5.41, 5.74) is 0.716. The van der Waals surface area contributed by atoms with Crippen molar-refractivity contribution in [2.75, 3.05) is 7.05 Å². The van der Waals surface area contributed by atoms with E-state index in [9.17, 15) is 9.90 Å². The molecule has 3 nitrogen and oxygen atoms in total. The topological polar surface area (TPSA) is 40.5 Å². The van der Waals surface area contributed by atoms with Crippen LogP contribution >= 0.6 is 0 Å². The molecule has 0 amide bonds. The number of nitrogens with zero attached hydrogens (tertiary/aromatic N) is 1. The van der Waals surface area contributed by atoms with Gasteiger partial charge in [0.2, 0.25) is 0 Å². The number of carbonyl (C=O) groups is 1. The highest BCUT2D eigenvalue weighted by Crippen LogP contribution is 2.39. The maximum atomic E-state index is 12.3. The van der Waals surface area contributed by atoms with E-state index in [1.165, 1.54) is 12.8 Å². The Morgan fingerprint density at radius 2 is 1.85 bits per heavy atom. The van der Waals surface area contributed by atoms with Crippen LogP contribution in [-0.4, -0.2) is 34.9 Å². The van der Waals surface area contributed by atoms with Crippen LogP contribution in [0.25, 0.3) is 0 Å². The van der Waals surface area contributed by atoms with Crippen molar-refractivity contribution in [1.29, 1.82) is 0 Å². The third-order valence-electron chi connectivity index (χ3n) is 5.11. The van der Waals surface area contributed by atoms with Gasteiger partial charge in [-0.15, -0.1) is 0 Å². The number of ketones is 1. The Labute approximate surface area is 120 Å². The van der Waals surface area contributed by atoms with Crippen LogP contribution in [0.15, 0.2) is 30.3 Å². The Morgan fingerprint density at radius 3 is 2.45 bits per heavy atom. The minimum Gasteiger partial charge on any atom is -0.381 e. The SMILES string of the molecule is CN1C2CCC1CC(CC(=O)C(O)c1ccccc1)C2. The molecule has 2 bridgehead atoms. The normalized spacial score (nSPS) is 31.2. The molecule has 1 N–H and O–H groups in total. The summed E-state index contributed by atoms with van der Waals surface area (Å²) in [6, 6.07) is 10.6. The molecule has 3 atom stereocenters. The minimum absolute atomic E-state index is 0.0230. The Balaban J connectivity index is 1.60. The number of fused-ring (bicyclic) bond motifs is 2. The summed E-state index contributed by atoms with van der Waals surface area (Å²) in [6.07, 6.45) is 4.34. The smallest absolute Gasteiger partial charge is 0.166 e. The lowest BCUT2D eigenvalue weighted by atomic mass is 9.85. The minimum atomic E-state index is -0.950. The Kier molecular flexibility index (Phi) is 3.90. The Bertz CT molecular complexity index is 459. The summed E-state index contributed by atoms with van der Waals surface area (Å²) in [7, 11) is 2.21. The summed E-state index contributed by atoms with van der Waals surface area (Å²) in [5, 5.41) is 10.2. The van der Waals surface area contributed by atoms with Gasteiger partial charge in [-0.05, 0) is 44.2 Å². The fourth-order valence-electron chi connectivity index (χ4n) is 3.91. The molecule has 2 saturated heterocycles. The van der Waals surface area contributed by atoms with Crippen LogP contribution in [-0.2, 0) is 4.79 Å². The summed E-state index contributed by atoms with van der Waals surface area (Å²) >= 11 is 0. The van der Waals surface area contributed by atoms with Gasteiger partial charge in [-0.3, -0.25) is 4.79 Å². The van der Waals surface area contributed by atoms with Crippen LogP contribution in [0.5, 0.6) is 0 Å². The lowest BCUT2D eigenvalue weighted by molar-refractivity contribution is -0.128. The van der Waals surface area contributed by atoms with Gasteiger partial charge in [0.25, 0.3) is 0 Å². The van der Waals surface area contributed by atoms with E-state index in [2.05, 4.69) is 11.9 Å². The summed E-state index contributed by atoms with van der Waals surface area (Å²) in [5.74, 6) is 0.430. The van der Waals surface area contributed by atoms with Crippen LogP contribution in [0.4, 0.5) is 0 Å². The van der Waals surface area contributed by atoms with Crippen LogP contribution in [0.3, 0.4) is 0 Å². The number of carbonyl (C=O) groups excluding carboxylic acids is 1. The highest BCUT2D eigenvalue weighted by Gasteiger charge is 2.39. The number of piperidine rings is 1. The van der Waals surface area contributed by atoms with Gasteiger partial charge in [-0.25, -0.2) is 0 Å². The molecule has 3 rings (SSSR count). The van der Waals surface area contributed by atoms with Gasteiger partial charge in [0.15, 0.2) is 5.78 Å². The number of aliphatic hydroxyl groups excluding tert-OH is 1. The van der Waals surface area contributed by atoms with E-state index in [4.69, 9.17) is 0 Å². The van der Waals surface area contributed by atoms with Gasteiger partial charge in [0.05, 0.1) is 0 Å². The zero-order valence-corrected chi connectivity index (χ0v) is 12.0. The molecule has 0 aliphatic carbocycles. The summed E-state index contributed by atoms with van der Waals surface area (Å²) in [6.45, 7) is 0. The van der Waals surface area contributed by atoms with Gasteiger partial charge < -0.3 is 10.0 Å². The second kappa shape index (κ2) is 5.66. The number of benzene rings is 1. The van der Waals surface area contributed by atoms with E-state index in [0.717, 1.165) is 12.8 Å². The molecule has 108 valence electrons. The second-order valence-electron chi connectivity index (χ2n) is 6.37. The van der Waals surface area contributed by atoms with E-state index in [0.29, 0.717) is 30.0 Å². The van der Waals surface area contributed by atoms with Crippen molar-refractivity contribution < 1.29 is 9.90 Å². The first kappa shape index (κ1) is 13.8. The molecule has 1 aromatic carbocycles. The first-order chi connectivity index (χ1) is 9.65. The number of hydrogen-bond donors (Lipinski definition) is 1. The van der Waals surface area contributed by atoms with E-state index in [-0.39, 0.29) is 5.78 Å². The van der Waals surface area contributed by atoms with Gasteiger partial charge >= 0.3 is 0 Å². The lowest BCUT2D eigenvalue weighted by Gasteiger charge is -2.36. The maximum Gasteiger partial charge on any atom is 0.166 e. The van der Waals surface area contributed by atoms with Gasteiger partial charge in [0, 0.05) is 18.5 Å². The van der Waals surface area contributed by atoms with Gasteiger partial charge in [0.1, 0.15) is 6.10 Å². The van der Waals surface area contributed by atoms with Crippen LogP contribution in [0.2, 0.25) is 0 Å². The summed E-state index contributed by atoms with van der Waals surface area (Å²) < 4.78 is 0. The molecule has 0 spiro atoms. The third kappa shape index (κ3) is 2.65. The van der Waals surface area contributed by atoms with E-state index >= 15 is 0 Å². The maximum absolute atomic E-state index is 12.3. The fourth-order valence-corrected chi connectivity index (χ4v) is 3.91. The Hall–Kier alpha value is -1.19. The van der Waals surface area contributed by atoms with Crippen LogP contribution < -0.4 is 0 Å². The van der Waals surface area contributed by atoms with Crippen LogP contribution in [0, 0.1) is 5.92 Å².